The number of aromatic nitrogens is 1. The first-order chi connectivity index (χ1) is 5.95. The lowest BCUT2D eigenvalue weighted by atomic mass is 9.95. The molecule has 0 aliphatic rings. The molecule has 4 heteroatoms. The van der Waals surface area contributed by atoms with Crippen molar-refractivity contribution in [2.45, 2.75) is 32.7 Å². The van der Waals surface area contributed by atoms with Gasteiger partial charge in [0.2, 0.25) is 0 Å². The van der Waals surface area contributed by atoms with Gasteiger partial charge in [-0.1, -0.05) is 20.8 Å². The fraction of sp³-hybridized carbons (Fsp3) is 0.667. The SMILES string of the molecule is CC(C)(C)c1cn(CCO)c(=N)s1. The lowest BCUT2D eigenvalue weighted by Crippen LogP contribution is -2.14. The Morgan fingerprint density at radius 2 is 2.15 bits per heavy atom. The molecule has 0 fully saturated rings. The van der Waals surface area contributed by atoms with E-state index in [1.54, 1.807) is 4.57 Å². The van der Waals surface area contributed by atoms with E-state index in [4.69, 9.17) is 10.5 Å². The molecule has 0 bridgehead atoms. The fourth-order valence-electron chi connectivity index (χ4n) is 1.01. The third kappa shape index (κ3) is 2.42. The minimum absolute atomic E-state index is 0.0941. The molecule has 0 amide bonds. The number of nitrogens with one attached hydrogen (secondary N) is 1. The van der Waals surface area contributed by atoms with Crippen molar-refractivity contribution >= 4 is 11.3 Å². The van der Waals surface area contributed by atoms with Crippen LogP contribution in [0.5, 0.6) is 0 Å². The van der Waals surface area contributed by atoms with Crippen molar-refractivity contribution < 1.29 is 5.11 Å². The van der Waals surface area contributed by atoms with Crippen LogP contribution in [0.15, 0.2) is 6.20 Å². The van der Waals surface area contributed by atoms with Crippen molar-refractivity contribution in [2.75, 3.05) is 6.61 Å². The summed E-state index contributed by atoms with van der Waals surface area (Å²) >= 11 is 1.48. The van der Waals surface area contributed by atoms with Crippen molar-refractivity contribution in [3.05, 3.63) is 15.9 Å². The lowest BCUT2D eigenvalue weighted by Gasteiger charge is -2.14. The molecule has 0 aromatic carbocycles. The van der Waals surface area contributed by atoms with Gasteiger partial charge in [-0.15, -0.1) is 11.3 Å². The van der Waals surface area contributed by atoms with Gasteiger partial charge in [-0.3, -0.25) is 5.41 Å². The summed E-state index contributed by atoms with van der Waals surface area (Å²) in [7, 11) is 0. The Morgan fingerprint density at radius 1 is 1.54 bits per heavy atom. The van der Waals surface area contributed by atoms with E-state index >= 15 is 0 Å². The standard InChI is InChI=1S/C9H16N2OS/c1-9(2,3)7-6-11(4-5-12)8(10)13-7/h6,10,12H,4-5H2,1-3H3. The van der Waals surface area contributed by atoms with Crippen molar-refractivity contribution in [2.24, 2.45) is 0 Å². The normalized spacial score (nSPS) is 12.0. The average molecular weight is 200 g/mol. The number of hydrogen-bond donors (Lipinski definition) is 2. The average Bonchev–Trinajstić information content (AvgIpc) is 2.32. The second kappa shape index (κ2) is 3.64. The van der Waals surface area contributed by atoms with Crippen LogP contribution in [-0.2, 0) is 12.0 Å². The largest absolute Gasteiger partial charge is 0.395 e. The number of rotatable bonds is 2. The van der Waals surface area contributed by atoms with Crippen LogP contribution in [-0.4, -0.2) is 16.3 Å². The third-order valence-electron chi connectivity index (χ3n) is 1.82. The molecule has 3 nitrogen and oxygen atoms in total. The van der Waals surface area contributed by atoms with Crippen molar-refractivity contribution in [1.29, 1.82) is 5.41 Å². The molecule has 1 rings (SSSR count). The van der Waals surface area contributed by atoms with E-state index in [2.05, 4.69) is 20.8 Å². The number of aliphatic hydroxyl groups excluding tert-OH is 1. The van der Waals surface area contributed by atoms with Gasteiger partial charge < -0.3 is 9.67 Å². The quantitative estimate of drug-likeness (QED) is 0.743. The van der Waals surface area contributed by atoms with Crippen LogP contribution in [0.4, 0.5) is 0 Å². The minimum atomic E-state index is 0.0941. The molecule has 0 atom stereocenters. The maximum atomic E-state index is 8.76. The van der Waals surface area contributed by atoms with Crippen molar-refractivity contribution in [3.8, 4) is 0 Å². The third-order valence-corrected chi connectivity index (χ3v) is 3.19. The maximum Gasteiger partial charge on any atom is 0.182 e. The Kier molecular flexibility index (Phi) is 2.93. The fourth-order valence-corrected chi connectivity index (χ4v) is 1.97. The van der Waals surface area contributed by atoms with E-state index in [0.717, 1.165) is 0 Å². The van der Waals surface area contributed by atoms with Crippen LogP contribution in [0.3, 0.4) is 0 Å². The van der Waals surface area contributed by atoms with E-state index in [1.807, 2.05) is 6.20 Å². The highest BCUT2D eigenvalue weighted by Gasteiger charge is 2.16. The van der Waals surface area contributed by atoms with Gasteiger partial charge in [0.05, 0.1) is 6.61 Å². The molecule has 0 aliphatic heterocycles. The van der Waals surface area contributed by atoms with Gasteiger partial charge in [-0.05, 0) is 5.41 Å². The van der Waals surface area contributed by atoms with E-state index in [9.17, 15) is 0 Å². The molecule has 1 heterocycles. The summed E-state index contributed by atoms with van der Waals surface area (Å²) in [5.74, 6) is 0. The number of hydrogen-bond acceptors (Lipinski definition) is 3. The Morgan fingerprint density at radius 3 is 2.54 bits per heavy atom. The summed E-state index contributed by atoms with van der Waals surface area (Å²) in [6.45, 7) is 6.99. The molecule has 0 unspecified atom stereocenters. The first-order valence-electron chi connectivity index (χ1n) is 4.31. The van der Waals surface area contributed by atoms with E-state index in [-0.39, 0.29) is 12.0 Å². The summed E-state index contributed by atoms with van der Waals surface area (Å²) in [6.07, 6.45) is 1.96. The van der Waals surface area contributed by atoms with Crippen LogP contribution in [0.25, 0.3) is 0 Å². The van der Waals surface area contributed by atoms with Gasteiger partial charge in [0.25, 0.3) is 0 Å². The monoisotopic (exact) mass is 200 g/mol. The number of thiazole rings is 1. The van der Waals surface area contributed by atoms with Crippen LogP contribution in [0.2, 0.25) is 0 Å². The van der Waals surface area contributed by atoms with Crippen LogP contribution in [0, 0.1) is 5.41 Å². The smallest absolute Gasteiger partial charge is 0.182 e. The molecule has 0 saturated heterocycles. The van der Waals surface area contributed by atoms with E-state index in [0.29, 0.717) is 11.3 Å². The molecular formula is C9H16N2OS. The Balaban J connectivity index is 3.02. The molecule has 0 spiro atoms. The van der Waals surface area contributed by atoms with Crippen molar-refractivity contribution in [1.82, 2.24) is 4.57 Å². The summed E-state index contributed by atoms with van der Waals surface area (Å²) < 4.78 is 1.78. The first kappa shape index (κ1) is 10.5. The molecule has 0 radical (unpaired) electrons. The molecule has 0 aliphatic carbocycles. The van der Waals surface area contributed by atoms with Crippen LogP contribution < -0.4 is 4.80 Å². The maximum absolute atomic E-state index is 8.76. The number of nitrogens with zero attached hydrogens (tertiary/aromatic N) is 1. The van der Waals surface area contributed by atoms with Gasteiger partial charge in [0.15, 0.2) is 4.80 Å². The second-order valence-electron chi connectivity index (χ2n) is 4.07. The van der Waals surface area contributed by atoms with Crippen LogP contribution >= 0.6 is 11.3 Å². The zero-order valence-corrected chi connectivity index (χ0v) is 9.11. The summed E-state index contributed by atoms with van der Waals surface area (Å²) in [5, 5.41) is 16.4. The Labute approximate surface area is 82.2 Å². The van der Waals surface area contributed by atoms with Gasteiger partial charge >= 0.3 is 0 Å². The molecule has 13 heavy (non-hydrogen) atoms. The molecule has 2 N–H and O–H groups in total. The van der Waals surface area contributed by atoms with E-state index < -0.39 is 0 Å². The van der Waals surface area contributed by atoms with Crippen molar-refractivity contribution in [3.63, 3.8) is 0 Å². The summed E-state index contributed by atoms with van der Waals surface area (Å²) in [4.78, 5) is 1.70. The lowest BCUT2D eigenvalue weighted by molar-refractivity contribution is 0.274. The highest BCUT2D eigenvalue weighted by molar-refractivity contribution is 7.09. The van der Waals surface area contributed by atoms with Gasteiger partial charge in [0, 0.05) is 17.6 Å². The highest BCUT2D eigenvalue weighted by atomic mass is 32.1. The molecule has 1 aromatic rings. The summed E-state index contributed by atoms with van der Waals surface area (Å²) in [6, 6.07) is 0. The molecular weight excluding hydrogens is 184 g/mol. The van der Waals surface area contributed by atoms with Gasteiger partial charge in [-0.2, -0.15) is 0 Å². The summed E-state index contributed by atoms with van der Waals surface area (Å²) in [5.41, 5.74) is 0.0984. The predicted molar refractivity (Wildman–Crippen MR) is 53.9 cm³/mol. The highest BCUT2D eigenvalue weighted by Crippen LogP contribution is 2.23. The predicted octanol–water partition coefficient (Wildman–Crippen LogP) is 1.32. The second-order valence-corrected chi connectivity index (χ2v) is 5.10. The molecule has 1 aromatic heterocycles. The number of aliphatic hydroxyl groups is 1. The Hall–Kier alpha value is -0.610. The topological polar surface area (TPSA) is 49.0 Å². The Bertz CT molecular complexity index is 332. The molecule has 74 valence electrons. The molecule has 0 saturated carbocycles. The minimum Gasteiger partial charge on any atom is -0.395 e. The first-order valence-corrected chi connectivity index (χ1v) is 5.13. The van der Waals surface area contributed by atoms with Gasteiger partial charge in [0.1, 0.15) is 0 Å². The van der Waals surface area contributed by atoms with Crippen LogP contribution in [0.1, 0.15) is 25.6 Å². The van der Waals surface area contributed by atoms with Gasteiger partial charge in [-0.25, -0.2) is 0 Å². The zero-order valence-electron chi connectivity index (χ0n) is 8.29. The zero-order chi connectivity index (χ0) is 10.1. The van der Waals surface area contributed by atoms with E-state index in [1.165, 1.54) is 16.2 Å².